The molecule has 0 radical (unpaired) electrons. The zero-order valence-electron chi connectivity index (χ0n) is 12.7. The second-order valence-electron chi connectivity index (χ2n) is 5.91. The Labute approximate surface area is 127 Å². The molecule has 0 aromatic rings. The van der Waals surface area contributed by atoms with Crippen LogP contribution in [0.1, 0.15) is 39.0 Å². The Kier molecular flexibility index (Phi) is 6.49. The molecule has 0 aromatic heterocycles. The van der Waals surface area contributed by atoms with Crippen LogP contribution < -0.4 is 5.32 Å². The van der Waals surface area contributed by atoms with Crippen LogP contribution in [0.3, 0.4) is 0 Å². The second-order valence-corrected chi connectivity index (χ2v) is 7.14. The highest BCUT2D eigenvalue weighted by Crippen LogP contribution is 2.40. The largest absolute Gasteiger partial charge is 0.382 e. The van der Waals surface area contributed by atoms with Crippen molar-refractivity contribution in [2.45, 2.75) is 39.0 Å². The molecule has 2 amide bonds. The summed E-state index contributed by atoms with van der Waals surface area (Å²) in [5.41, 5.74) is 0.287. The van der Waals surface area contributed by atoms with Gasteiger partial charge in [0.1, 0.15) is 0 Å². The van der Waals surface area contributed by atoms with Gasteiger partial charge in [0.15, 0.2) is 0 Å². The first kappa shape index (κ1) is 16.0. The molecule has 4 nitrogen and oxygen atoms in total. The van der Waals surface area contributed by atoms with E-state index in [4.69, 9.17) is 4.74 Å². The highest BCUT2D eigenvalue weighted by atomic mass is 32.2. The van der Waals surface area contributed by atoms with Crippen LogP contribution in [-0.2, 0) is 4.74 Å². The van der Waals surface area contributed by atoms with Crippen LogP contribution >= 0.6 is 11.8 Å². The van der Waals surface area contributed by atoms with Crippen molar-refractivity contribution in [2.75, 3.05) is 44.4 Å². The molecular formula is C15H28N2O2S. The molecule has 0 unspecified atom stereocenters. The number of amides is 2. The molecule has 1 saturated heterocycles. The average Bonchev–Trinajstić information content (AvgIpc) is 2.95. The topological polar surface area (TPSA) is 41.6 Å². The molecule has 2 rings (SSSR count). The second kappa shape index (κ2) is 8.13. The van der Waals surface area contributed by atoms with Gasteiger partial charge in [-0.2, -0.15) is 11.8 Å². The highest BCUT2D eigenvalue weighted by molar-refractivity contribution is 7.99. The van der Waals surface area contributed by atoms with Crippen LogP contribution in [0.25, 0.3) is 0 Å². The minimum atomic E-state index is 0.132. The first-order chi connectivity index (χ1) is 9.76. The van der Waals surface area contributed by atoms with Gasteiger partial charge in [-0.1, -0.05) is 12.8 Å². The molecule has 1 aliphatic carbocycles. The lowest BCUT2D eigenvalue weighted by Crippen LogP contribution is -2.47. The fourth-order valence-electron chi connectivity index (χ4n) is 3.21. The van der Waals surface area contributed by atoms with Crippen molar-refractivity contribution >= 4 is 17.8 Å². The number of thioether (sulfide) groups is 1. The van der Waals surface area contributed by atoms with Crippen LogP contribution in [0.4, 0.5) is 4.79 Å². The zero-order valence-corrected chi connectivity index (χ0v) is 13.5. The maximum absolute atomic E-state index is 12.2. The SMILES string of the molecule is CCOCCC1(CNC(=O)N2CCSCC2)CCCC1. The maximum Gasteiger partial charge on any atom is 0.317 e. The molecule has 20 heavy (non-hydrogen) atoms. The third-order valence-corrected chi connectivity index (χ3v) is 5.50. The van der Waals surface area contributed by atoms with E-state index in [-0.39, 0.29) is 11.4 Å². The summed E-state index contributed by atoms with van der Waals surface area (Å²) in [7, 11) is 0. The first-order valence-electron chi connectivity index (χ1n) is 7.94. The summed E-state index contributed by atoms with van der Waals surface area (Å²) in [4.78, 5) is 14.2. The number of nitrogens with zero attached hydrogens (tertiary/aromatic N) is 1. The molecule has 0 spiro atoms. The fraction of sp³-hybridized carbons (Fsp3) is 0.933. The van der Waals surface area contributed by atoms with Gasteiger partial charge in [-0.25, -0.2) is 4.79 Å². The number of ether oxygens (including phenoxy) is 1. The van der Waals surface area contributed by atoms with E-state index in [1.165, 1.54) is 25.7 Å². The van der Waals surface area contributed by atoms with Gasteiger partial charge in [-0.15, -0.1) is 0 Å². The van der Waals surface area contributed by atoms with E-state index < -0.39 is 0 Å². The van der Waals surface area contributed by atoms with Crippen molar-refractivity contribution in [1.82, 2.24) is 10.2 Å². The van der Waals surface area contributed by atoms with Crippen molar-refractivity contribution in [1.29, 1.82) is 0 Å². The maximum atomic E-state index is 12.2. The van der Waals surface area contributed by atoms with E-state index in [1.807, 2.05) is 23.6 Å². The van der Waals surface area contributed by atoms with Crippen molar-refractivity contribution in [3.8, 4) is 0 Å². The number of carbonyl (C=O) groups is 1. The number of carbonyl (C=O) groups excluding carboxylic acids is 1. The van der Waals surface area contributed by atoms with Gasteiger partial charge >= 0.3 is 6.03 Å². The lowest BCUT2D eigenvalue weighted by Gasteiger charge is -2.32. The standard InChI is InChI=1S/C15H28N2O2S/c1-2-19-10-7-15(5-3-4-6-15)13-16-14(18)17-8-11-20-12-9-17/h2-13H2,1H3,(H,16,18). The summed E-state index contributed by atoms with van der Waals surface area (Å²) in [6.07, 6.45) is 6.13. The molecule has 0 bridgehead atoms. The van der Waals surface area contributed by atoms with Crippen LogP contribution in [0.2, 0.25) is 0 Å². The number of hydrogen-bond donors (Lipinski definition) is 1. The Balaban J connectivity index is 1.77. The lowest BCUT2D eigenvalue weighted by atomic mass is 9.83. The van der Waals surface area contributed by atoms with Crippen LogP contribution in [-0.4, -0.2) is 55.3 Å². The molecule has 1 heterocycles. The Morgan fingerprint density at radius 3 is 2.65 bits per heavy atom. The van der Waals surface area contributed by atoms with Gasteiger partial charge in [-0.3, -0.25) is 0 Å². The van der Waals surface area contributed by atoms with E-state index in [0.717, 1.165) is 50.8 Å². The Bertz CT molecular complexity index is 300. The van der Waals surface area contributed by atoms with Gasteiger partial charge < -0.3 is 15.0 Å². The minimum absolute atomic E-state index is 0.132. The Morgan fingerprint density at radius 2 is 2.00 bits per heavy atom. The highest BCUT2D eigenvalue weighted by Gasteiger charge is 2.34. The molecule has 116 valence electrons. The molecule has 2 fully saturated rings. The van der Waals surface area contributed by atoms with Crippen molar-refractivity contribution in [2.24, 2.45) is 5.41 Å². The predicted octanol–water partition coefficient (Wildman–Crippen LogP) is 2.73. The summed E-state index contributed by atoms with van der Waals surface area (Å²) >= 11 is 1.93. The molecule has 0 atom stereocenters. The Morgan fingerprint density at radius 1 is 1.30 bits per heavy atom. The van der Waals surface area contributed by atoms with E-state index in [1.54, 1.807) is 0 Å². The molecule has 5 heteroatoms. The van der Waals surface area contributed by atoms with Crippen molar-refractivity contribution in [3.63, 3.8) is 0 Å². The number of hydrogen-bond acceptors (Lipinski definition) is 3. The first-order valence-corrected chi connectivity index (χ1v) is 9.09. The van der Waals surface area contributed by atoms with Gasteiger partial charge in [0.25, 0.3) is 0 Å². The molecule has 0 aromatic carbocycles. The fourth-order valence-corrected chi connectivity index (χ4v) is 4.12. The zero-order chi connectivity index (χ0) is 14.3. The van der Waals surface area contributed by atoms with Crippen molar-refractivity contribution < 1.29 is 9.53 Å². The Hall–Kier alpha value is -0.420. The minimum Gasteiger partial charge on any atom is -0.382 e. The van der Waals surface area contributed by atoms with Gasteiger partial charge in [0.2, 0.25) is 0 Å². The lowest BCUT2D eigenvalue weighted by molar-refractivity contribution is 0.102. The third-order valence-electron chi connectivity index (χ3n) is 4.56. The monoisotopic (exact) mass is 300 g/mol. The van der Waals surface area contributed by atoms with Crippen molar-refractivity contribution in [3.05, 3.63) is 0 Å². The molecule has 1 N–H and O–H groups in total. The predicted molar refractivity (Wildman–Crippen MR) is 84.3 cm³/mol. The third kappa shape index (κ3) is 4.55. The van der Waals surface area contributed by atoms with E-state index in [9.17, 15) is 4.79 Å². The quantitative estimate of drug-likeness (QED) is 0.767. The van der Waals surface area contributed by atoms with E-state index in [2.05, 4.69) is 5.32 Å². The van der Waals surface area contributed by atoms with E-state index >= 15 is 0 Å². The van der Waals surface area contributed by atoms with Gasteiger partial charge in [0.05, 0.1) is 0 Å². The summed E-state index contributed by atoms with van der Waals surface area (Å²) in [6.45, 7) is 6.26. The van der Waals surface area contributed by atoms with Crippen LogP contribution in [0.5, 0.6) is 0 Å². The number of rotatable bonds is 6. The summed E-state index contributed by atoms with van der Waals surface area (Å²) in [6, 6.07) is 0.132. The molecule has 2 aliphatic rings. The normalized spacial score (nSPS) is 21.9. The number of nitrogens with one attached hydrogen (secondary N) is 1. The molecular weight excluding hydrogens is 272 g/mol. The molecule has 1 saturated carbocycles. The smallest absolute Gasteiger partial charge is 0.317 e. The summed E-state index contributed by atoms with van der Waals surface area (Å²) in [5.74, 6) is 2.14. The van der Waals surface area contributed by atoms with Gasteiger partial charge in [-0.05, 0) is 31.6 Å². The van der Waals surface area contributed by atoms with E-state index in [0.29, 0.717) is 0 Å². The molecule has 1 aliphatic heterocycles. The van der Waals surface area contributed by atoms with Crippen LogP contribution in [0, 0.1) is 5.41 Å². The summed E-state index contributed by atoms with van der Waals surface area (Å²) in [5, 5.41) is 3.18. The summed E-state index contributed by atoms with van der Waals surface area (Å²) < 4.78 is 5.52. The average molecular weight is 300 g/mol. The van der Waals surface area contributed by atoms with Gasteiger partial charge in [0, 0.05) is 44.4 Å². The van der Waals surface area contributed by atoms with Crippen LogP contribution in [0.15, 0.2) is 0 Å². The number of urea groups is 1.